The predicted molar refractivity (Wildman–Crippen MR) is 99.7 cm³/mol. The second kappa shape index (κ2) is 7.85. The highest BCUT2D eigenvalue weighted by atomic mass is 35.5. The molecule has 1 saturated heterocycles. The molecule has 1 aliphatic rings. The first-order valence-electron chi connectivity index (χ1n) is 8.35. The van der Waals surface area contributed by atoms with Crippen LogP contribution in [0, 0.1) is 5.82 Å². The Morgan fingerprint density at radius 3 is 2.40 bits per heavy atom. The van der Waals surface area contributed by atoms with E-state index in [0.717, 1.165) is 36.9 Å². The lowest BCUT2D eigenvalue weighted by atomic mass is 10.2. The third kappa shape index (κ3) is 4.11. The van der Waals surface area contributed by atoms with Crippen LogP contribution in [0.15, 0.2) is 48.5 Å². The van der Waals surface area contributed by atoms with E-state index in [-0.39, 0.29) is 17.6 Å². The van der Waals surface area contributed by atoms with Crippen molar-refractivity contribution < 1.29 is 9.18 Å². The minimum Gasteiger partial charge on any atom is -0.368 e. The van der Waals surface area contributed by atoms with Crippen LogP contribution in [-0.4, -0.2) is 43.0 Å². The Bertz CT molecular complexity index is 747. The van der Waals surface area contributed by atoms with E-state index in [2.05, 4.69) is 15.1 Å². The number of nitrogens with zero attached hydrogens (tertiary/aromatic N) is 2. The van der Waals surface area contributed by atoms with Crippen molar-refractivity contribution in [2.45, 2.75) is 13.0 Å². The van der Waals surface area contributed by atoms with Gasteiger partial charge in [0.2, 0.25) is 5.91 Å². The number of hydrogen-bond acceptors (Lipinski definition) is 3. The molecule has 0 saturated carbocycles. The van der Waals surface area contributed by atoms with Crippen LogP contribution in [0.2, 0.25) is 5.02 Å². The summed E-state index contributed by atoms with van der Waals surface area (Å²) in [7, 11) is 0. The molecule has 3 rings (SSSR count). The van der Waals surface area contributed by atoms with Crippen molar-refractivity contribution in [2.24, 2.45) is 0 Å². The van der Waals surface area contributed by atoms with Gasteiger partial charge in [0.1, 0.15) is 5.82 Å². The summed E-state index contributed by atoms with van der Waals surface area (Å²) in [5, 5.41) is 3.41. The quantitative estimate of drug-likeness (QED) is 0.903. The molecule has 6 heteroatoms. The van der Waals surface area contributed by atoms with Gasteiger partial charge in [0.05, 0.1) is 22.4 Å². The maximum atomic E-state index is 13.7. The summed E-state index contributed by atoms with van der Waals surface area (Å²) in [4.78, 5) is 16.7. The van der Waals surface area contributed by atoms with E-state index < -0.39 is 5.82 Å². The first kappa shape index (κ1) is 17.7. The molecule has 1 N–H and O–H groups in total. The third-order valence-corrected chi connectivity index (χ3v) is 4.89. The lowest BCUT2D eigenvalue weighted by molar-refractivity contribution is -0.120. The molecule has 1 amide bonds. The average molecular weight is 362 g/mol. The van der Waals surface area contributed by atoms with Crippen molar-refractivity contribution in [3.63, 3.8) is 0 Å². The zero-order chi connectivity index (χ0) is 17.8. The SMILES string of the molecule is C[C@H](C(=O)Nc1ccccc1F)N1CCN(c2ccccc2Cl)CC1. The fourth-order valence-electron chi connectivity index (χ4n) is 3.02. The number of nitrogens with one attached hydrogen (secondary N) is 1. The smallest absolute Gasteiger partial charge is 0.241 e. The topological polar surface area (TPSA) is 35.6 Å². The van der Waals surface area contributed by atoms with E-state index in [0.29, 0.717) is 0 Å². The minimum absolute atomic E-state index is 0.198. The number of para-hydroxylation sites is 2. The number of piperazine rings is 1. The molecule has 2 aromatic rings. The Hall–Kier alpha value is -2.11. The van der Waals surface area contributed by atoms with Crippen molar-refractivity contribution in [1.29, 1.82) is 0 Å². The monoisotopic (exact) mass is 361 g/mol. The Kier molecular flexibility index (Phi) is 5.56. The van der Waals surface area contributed by atoms with E-state index in [1.807, 2.05) is 31.2 Å². The Morgan fingerprint density at radius 1 is 1.08 bits per heavy atom. The fourth-order valence-corrected chi connectivity index (χ4v) is 3.28. The van der Waals surface area contributed by atoms with Gasteiger partial charge < -0.3 is 10.2 Å². The van der Waals surface area contributed by atoms with Crippen LogP contribution < -0.4 is 10.2 Å². The van der Waals surface area contributed by atoms with Gasteiger partial charge in [-0.05, 0) is 31.2 Å². The van der Waals surface area contributed by atoms with Crippen LogP contribution in [0.5, 0.6) is 0 Å². The van der Waals surface area contributed by atoms with Crippen LogP contribution in [-0.2, 0) is 4.79 Å². The highest BCUT2D eigenvalue weighted by molar-refractivity contribution is 6.33. The van der Waals surface area contributed by atoms with E-state index in [1.165, 1.54) is 6.07 Å². The first-order valence-corrected chi connectivity index (χ1v) is 8.73. The van der Waals surface area contributed by atoms with Gasteiger partial charge in [-0.3, -0.25) is 9.69 Å². The lowest BCUT2D eigenvalue weighted by Gasteiger charge is -2.38. The molecule has 0 spiro atoms. The maximum Gasteiger partial charge on any atom is 0.241 e. The molecule has 0 bridgehead atoms. The summed E-state index contributed by atoms with van der Waals surface area (Å²) in [5.41, 5.74) is 1.24. The largest absolute Gasteiger partial charge is 0.368 e. The summed E-state index contributed by atoms with van der Waals surface area (Å²) in [5.74, 6) is -0.622. The second-order valence-corrected chi connectivity index (χ2v) is 6.53. The van der Waals surface area contributed by atoms with Crippen LogP contribution >= 0.6 is 11.6 Å². The van der Waals surface area contributed by atoms with Gasteiger partial charge in [0, 0.05) is 26.2 Å². The van der Waals surface area contributed by atoms with Crippen LogP contribution in [0.25, 0.3) is 0 Å². The van der Waals surface area contributed by atoms with Crippen LogP contribution in [0.1, 0.15) is 6.92 Å². The number of hydrogen-bond donors (Lipinski definition) is 1. The number of benzene rings is 2. The minimum atomic E-state index is -0.424. The number of anilines is 2. The Labute approximate surface area is 152 Å². The first-order chi connectivity index (χ1) is 12.1. The summed E-state index contributed by atoms with van der Waals surface area (Å²) in [6.07, 6.45) is 0. The second-order valence-electron chi connectivity index (χ2n) is 6.12. The van der Waals surface area contributed by atoms with Crippen LogP contribution in [0.4, 0.5) is 15.8 Å². The average Bonchev–Trinajstić information content (AvgIpc) is 2.63. The third-order valence-electron chi connectivity index (χ3n) is 4.57. The zero-order valence-corrected chi connectivity index (χ0v) is 14.8. The van der Waals surface area contributed by atoms with Crippen molar-refractivity contribution in [3.05, 3.63) is 59.4 Å². The molecule has 1 atom stereocenters. The normalized spacial score (nSPS) is 16.5. The van der Waals surface area contributed by atoms with E-state index in [4.69, 9.17) is 11.6 Å². The van der Waals surface area contributed by atoms with E-state index in [9.17, 15) is 9.18 Å². The lowest BCUT2D eigenvalue weighted by Crippen LogP contribution is -2.53. The summed E-state index contributed by atoms with van der Waals surface area (Å²) >= 11 is 6.26. The molecule has 0 unspecified atom stereocenters. The van der Waals surface area contributed by atoms with Crippen molar-refractivity contribution >= 4 is 28.9 Å². The van der Waals surface area contributed by atoms with Gasteiger partial charge in [-0.2, -0.15) is 0 Å². The van der Waals surface area contributed by atoms with Crippen molar-refractivity contribution in [3.8, 4) is 0 Å². The van der Waals surface area contributed by atoms with E-state index in [1.54, 1.807) is 18.2 Å². The summed E-state index contributed by atoms with van der Waals surface area (Å²) in [6, 6.07) is 13.6. The maximum absolute atomic E-state index is 13.7. The molecular formula is C19H21ClFN3O. The van der Waals surface area contributed by atoms with Crippen molar-refractivity contribution in [2.75, 3.05) is 36.4 Å². The summed E-state index contributed by atoms with van der Waals surface area (Å²) < 4.78 is 13.7. The highest BCUT2D eigenvalue weighted by Gasteiger charge is 2.26. The number of carbonyl (C=O) groups is 1. The van der Waals surface area contributed by atoms with Gasteiger partial charge in [0.25, 0.3) is 0 Å². The molecule has 25 heavy (non-hydrogen) atoms. The van der Waals surface area contributed by atoms with Gasteiger partial charge in [-0.25, -0.2) is 4.39 Å². The highest BCUT2D eigenvalue weighted by Crippen LogP contribution is 2.26. The fraction of sp³-hybridized carbons (Fsp3) is 0.316. The molecule has 0 radical (unpaired) electrons. The molecule has 1 fully saturated rings. The molecule has 132 valence electrons. The molecule has 1 aliphatic heterocycles. The molecular weight excluding hydrogens is 341 g/mol. The number of carbonyl (C=O) groups excluding carboxylic acids is 1. The molecule has 0 aliphatic carbocycles. The van der Waals surface area contributed by atoms with Crippen LogP contribution in [0.3, 0.4) is 0 Å². The van der Waals surface area contributed by atoms with Gasteiger partial charge in [-0.1, -0.05) is 35.9 Å². The Morgan fingerprint density at radius 2 is 1.72 bits per heavy atom. The number of rotatable bonds is 4. The molecule has 4 nitrogen and oxygen atoms in total. The Balaban J connectivity index is 1.58. The molecule has 1 heterocycles. The zero-order valence-electron chi connectivity index (χ0n) is 14.1. The predicted octanol–water partition coefficient (Wildman–Crippen LogP) is 3.63. The number of halogens is 2. The standard InChI is InChI=1S/C19H21ClFN3O/c1-14(19(25)22-17-8-4-3-7-16(17)21)23-10-12-24(13-11-23)18-9-5-2-6-15(18)20/h2-9,14H,10-13H2,1H3,(H,22,25)/t14-/m1/s1. The van der Waals surface area contributed by atoms with Crippen molar-refractivity contribution in [1.82, 2.24) is 4.90 Å². The van der Waals surface area contributed by atoms with Gasteiger partial charge in [0.15, 0.2) is 0 Å². The number of amides is 1. The molecule has 0 aromatic heterocycles. The molecule has 2 aromatic carbocycles. The van der Waals surface area contributed by atoms with Gasteiger partial charge in [-0.15, -0.1) is 0 Å². The summed E-state index contributed by atoms with van der Waals surface area (Å²) in [6.45, 7) is 4.93. The van der Waals surface area contributed by atoms with E-state index >= 15 is 0 Å². The van der Waals surface area contributed by atoms with Gasteiger partial charge >= 0.3 is 0 Å².